The van der Waals surface area contributed by atoms with Gasteiger partial charge in [0.1, 0.15) is 5.82 Å². The maximum Gasteiger partial charge on any atom is 0.224 e. The van der Waals surface area contributed by atoms with Gasteiger partial charge in [-0.05, 0) is 43.7 Å². The molecule has 1 atom stereocenters. The third kappa shape index (κ3) is 6.51. The highest BCUT2D eigenvalue weighted by molar-refractivity contribution is 7.98. The molecule has 2 aromatic rings. The second kappa shape index (κ2) is 11.6. The van der Waals surface area contributed by atoms with Crippen molar-refractivity contribution in [2.24, 2.45) is 5.92 Å². The summed E-state index contributed by atoms with van der Waals surface area (Å²) in [7, 11) is 0. The van der Waals surface area contributed by atoms with E-state index in [0.29, 0.717) is 51.8 Å². The van der Waals surface area contributed by atoms with Crippen LogP contribution < -0.4 is 5.32 Å². The fourth-order valence-electron chi connectivity index (χ4n) is 3.56. The lowest BCUT2D eigenvalue weighted by Crippen LogP contribution is -2.43. The first-order chi connectivity index (χ1) is 14.5. The van der Waals surface area contributed by atoms with E-state index < -0.39 is 0 Å². The van der Waals surface area contributed by atoms with E-state index in [2.05, 4.69) is 10.2 Å². The van der Waals surface area contributed by atoms with Crippen LogP contribution in [0, 0.1) is 11.7 Å². The van der Waals surface area contributed by atoms with Crippen LogP contribution >= 0.6 is 46.6 Å². The second-order valence-electron chi connectivity index (χ2n) is 7.32. The molecule has 3 rings (SSSR count). The van der Waals surface area contributed by atoms with E-state index in [1.807, 2.05) is 18.2 Å². The molecule has 0 aromatic heterocycles. The Bertz CT molecular complexity index is 843. The molecule has 0 aliphatic carbocycles. The van der Waals surface area contributed by atoms with Crippen molar-refractivity contribution in [2.45, 2.75) is 25.1 Å². The van der Waals surface area contributed by atoms with Crippen molar-refractivity contribution < 1.29 is 9.18 Å². The molecule has 162 valence electrons. The van der Waals surface area contributed by atoms with Crippen LogP contribution in [0.3, 0.4) is 0 Å². The lowest BCUT2D eigenvalue weighted by molar-refractivity contribution is -0.126. The number of halogens is 4. The number of piperidine rings is 1. The molecule has 30 heavy (non-hydrogen) atoms. The average Bonchev–Trinajstić information content (AvgIpc) is 2.72. The number of carbonyl (C=O) groups is 1. The minimum Gasteiger partial charge on any atom is -0.355 e. The first-order valence-electron chi connectivity index (χ1n) is 9.89. The lowest BCUT2D eigenvalue weighted by atomic mass is 9.96. The van der Waals surface area contributed by atoms with Crippen LogP contribution in [0.25, 0.3) is 0 Å². The fraction of sp³-hybridized carbons (Fsp3) is 0.409. The highest BCUT2D eigenvalue weighted by Crippen LogP contribution is 2.28. The van der Waals surface area contributed by atoms with Gasteiger partial charge in [-0.3, -0.25) is 9.69 Å². The highest BCUT2D eigenvalue weighted by atomic mass is 35.5. The van der Waals surface area contributed by atoms with Gasteiger partial charge in [-0.1, -0.05) is 46.9 Å². The Morgan fingerprint density at radius 2 is 1.77 bits per heavy atom. The summed E-state index contributed by atoms with van der Waals surface area (Å²) in [5.74, 6) is 0.902. The summed E-state index contributed by atoms with van der Waals surface area (Å²) in [6.07, 6.45) is 1.83. The van der Waals surface area contributed by atoms with Crippen LogP contribution in [0.1, 0.15) is 24.0 Å². The minimum absolute atomic E-state index is 0.0500. The van der Waals surface area contributed by atoms with Crippen LogP contribution in [0.5, 0.6) is 0 Å². The van der Waals surface area contributed by atoms with Gasteiger partial charge in [-0.2, -0.15) is 11.8 Å². The first kappa shape index (κ1) is 23.7. The molecule has 0 radical (unpaired) electrons. The SMILES string of the molecule is O=C(NCCSCc1c(F)cccc1Cl)C1CCCN(Cc2c(Cl)cccc2Cl)C1. The number of nitrogens with one attached hydrogen (secondary N) is 1. The molecule has 1 N–H and O–H groups in total. The maximum absolute atomic E-state index is 13.8. The van der Waals surface area contributed by atoms with Crippen molar-refractivity contribution in [3.05, 3.63) is 68.4 Å². The molecule has 0 bridgehead atoms. The quantitative estimate of drug-likeness (QED) is 0.458. The third-order valence-electron chi connectivity index (χ3n) is 5.17. The number of nitrogens with zero attached hydrogens (tertiary/aromatic N) is 1. The Labute approximate surface area is 196 Å². The number of thioether (sulfide) groups is 1. The third-order valence-corrected chi connectivity index (χ3v) is 7.22. The number of hydrogen-bond acceptors (Lipinski definition) is 3. The van der Waals surface area contributed by atoms with Gasteiger partial charge in [0.15, 0.2) is 0 Å². The van der Waals surface area contributed by atoms with Crippen LogP contribution in [0.2, 0.25) is 15.1 Å². The molecule has 1 aliphatic rings. The van der Waals surface area contributed by atoms with Gasteiger partial charge in [-0.25, -0.2) is 4.39 Å². The summed E-state index contributed by atoms with van der Waals surface area (Å²) in [6, 6.07) is 10.2. The van der Waals surface area contributed by atoms with E-state index in [-0.39, 0.29) is 17.6 Å². The molecule has 0 saturated carbocycles. The summed E-state index contributed by atoms with van der Waals surface area (Å²) in [6.45, 7) is 2.79. The van der Waals surface area contributed by atoms with Crippen LogP contribution in [0.15, 0.2) is 36.4 Å². The lowest BCUT2D eigenvalue weighted by Gasteiger charge is -2.32. The van der Waals surface area contributed by atoms with Gasteiger partial charge in [0, 0.05) is 57.3 Å². The molecule has 1 saturated heterocycles. The summed E-state index contributed by atoms with van der Waals surface area (Å²) < 4.78 is 13.8. The first-order valence-corrected chi connectivity index (χ1v) is 12.2. The van der Waals surface area contributed by atoms with Gasteiger partial charge in [0.05, 0.1) is 5.92 Å². The smallest absolute Gasteiger partial charge is 0.224 e. The second-order valence-corrected chi connectivity index (χ2v) is 9.65. The number of rotatable bonds is 8. The Balaban J connectivity index is 1.42. The van der Waals surface area contributed by atoms with E-state index in [1.165, 1.54) is 6.07 Å². The Morgan fingerprint density at radius 3 is 2.47 bits per heavy atom. The molecule has 2 aromatic carbocycles. The predicted molar refractivity (Wildman–Crippen MR) is 125 cm³/mol. The normalized spacial score (nSPS) is 17.1. The van der Waals surface area contributed by atoms with Crippen molar-refractivity contribution in [1.82, 2.24) is 10.2 Å². The summed E-state index contributed by atoms with van der Waals surface area (Å²) in [5.41, 5.74) is 1.42. The van der Waals surface area contributed by atoms with Gasteiger partial charge in [0.25, 0.3) is 0 Å². The zero-order chi connectivity index (χ0) is 21.5. The van der Waals surface area contributed by atoms with Gasteiger partial charge < -0.3 is 5.32 Å². The van der Waals surface area contributed by atoms with Crippen molar-refractivity contribution >= 4 is 52.5 Å². The monoisotopic (exact) mass is 488 g/mol. The number of carbonyl (C=O) groups excluding carboxylic acids is 1. The highest BCUT2D eigenvalue weighted by Gasteiger charge is 2.26. The summed E-state index contributed by atoms with van der Waals surface area (Å²) in [4.78, 5) is 14.8. The molecule has 1 unspecified atom stereocenters. The van der Waals surface area contributed by atoms with Crippen molar-refractivity contribution in [1.29, 1.82) is 0 Å². The Morgan fingerprint density at radius 1 is 1.10 bits per heavy atom. The number of amides is 1. The van der Waals surface area contributed by atoms with E-state index in [0.717, 1.165) is 24.9 Å². The molecule has 1 amide bonds. The largest absolute Gasteiger partial charge is 0.355 e. The van der Waals surface area contributed by atoms with Crippen LogP contribution in [-0.4, -0.2) is 36.2 Å². The standard InChI is InChI=1S/C22H24Cl3FN2OS/c23-18-5-1-6-19(24)16(18)13-28-10-3-4-15(12-28)22(29)27-9-11-30-14-17-20(25)7-2-8-21(17)26/h1-2,5-8,15H,3-4,9-14H2,(H,27,29). The number of hydrogen-bond donors (Lipinski definition) is 1. The fourth-order valence-corrected chi connectivity index (χ4v) is 5.27. The van der Waals surface area contributed by atoms with E-state index in [1.54, 1.807) is 23.9 Å². The molecular weight excluding hydrogens is 466 g/mol. The Hall–Kier alpha value is -0.980. The molecule has 1 fully saturated rings. The number of likely N-dealkylation sites (tertiary alicyclic amines) is 1. The van der Waals surface area contributed by atoms with E-state index in [4.69, 9.17) is 34.8 Å². The zero-order valence-corrected chi connectivity index (χ0v) is 19.6. The molecule has 8 heteroatoms. The molecule has 0 spiro atoms. The van der Waals surface area contributed by atoms with Gasteiger partial charge in [-0.15, -0.1) is 0 Å². The van der Waals surface area contributed by atoms with Crippen molar-refractivity contribution in [2.75, 3.05) is 25.4 Å². The molecular formula is C22H24Cl3FN2OS. The van der Waals surface area contributed by atoms with Crippen LogP contribution in [0.4, 0.5) is 4.39 Å². The molecule has 3 nitrogen and oxygen atoms in total. The van der Waals surface area contributed by atoms with Crippen molar-refractivity contribution in [3.63, 3.8) is 0 Å². The topological polar surface area (TPSA) is 32.3 Å². The molecule has 1 aliphatic heterocycles. The molecule has 1 heterocycles. The minimum atomic E-state index is -0.292. The zero-order valence-electron chi connectivity index (χ0n) is 16.5. The maximum atomic E-state index is 13.8. The van der Waals surface area contributed by atoms with Gasteiger partial charge >= 0.3 is 0 Å². The van der Waals surface area contributed by atoms with Gasteiger partial charge in [0.2, 0.25) is 5.91 Å². The average molecular weight is 490 g/mol. The van der Waals surface area contributed by atoms with E-state index in [9.17, 15) is 9.18 Å². The van der Waals surface area contributed by atoms with E-state index >= 15 is 0 Å². The Kier molecular flexibility index (Phi) is 9.14. The van der Waals surface area contributed by atoms with Crippen LogP contribution in [-0.2, 0) is 17.1 Å². The number of benzene rings is 2. The summed E-state index contributed by atoms with van der Waals surface area (Å²) in [5, 5.41) is 4.75. The predicted octanol–water partition coefficient (Wildman–Crippen LogP) is 6.05. The summed E-state index contributed by atoms with van der Waals surface area (Å²) >= 11 is 20.2. The van der Waals surface area contributed by atoms with Crippen molar-refractivity contribution in [3.8, 4) is 0 Å².